The molecule has 1 heterocycles. The molecule has 0 bridgehead atoms. The van der Waals surface area contributed by atoms with Crippen LogP contribution in [-0.4, -0.2) is 4.98 Å². The number of aryl methyl sites for hydroxylation is 1. The van der Waals surface area contributed by atoms with Crippen LogP contribution in [0.3, 0.4) is 0 Å². The molecule has 0 spiro atoms. The largest absolute Gasteiger partial charge is 0.417 e. The van der Waals surface area contributed by atoms with Gasteiger partial charge in [0, 0.05) is 17.3 Å². The van der Waals surface area contributed by atoms with Gasteiger partial charge in [-0.3, -0.25) is 4.79 Å². The molecule has 118 valence electrons. The van der Waals surface area contributed by atoms with Gasteiger partial charge in [0.15, 0.2) is 5.43 Å². The molecule has 23 heavy (non-hydrogen) atoms. The van der Waals surface area contributed by atoms with Crippen LogP contribution in [0, 0.1) is 12.7 Å². The van der Waals surface area contributed by atoms with Crippen LogP contribution in [0.4, 0.5) is 17.6 Å². The third kappa shape index (κ3) is 2.72. The summed E-state index contributed by atoms with van der Waals surface area (Å²) in [7, 11) is 0. The quantitative estimate of drug-likeness (QED) is 0.650. The standard InChI is InChI=1S/C17H11F4NO/c1-9-5-6-10(7-12(9)18)14-8-15(23)16-11(17(19,20)21)3-2-4-13(16)22-14/h2-8H,1H3,(H,22,23). The first kappa shape index (κ1) is 15.3. The maximum Gasteiger partial charge on any atom is 0.417 e. The summed E-state index contributed by atoms with van der Waals surface area (Å²) in [4.78, 5) is 15.0. The molecule has 0 saturated carbocycles. The smallest absolute Gasteiger partial charge is 0.354 e. The maximum atomic E-state index is 13.7. The van der Waals surface area contributed by atoms with Crippen molar-refractivity contribution < 1.29 is 17.6 Å². The minimum absolute atomic E-state index is 0.0586. The molecule has 3 rings (SSSR count). The molecule has 0 amide bonds. The van der Waals surface area contributed by atoms with Crippen LogP contribution in [0.5, 0.6) is 0 Å². The number of hydrogen-bond donors (Lipinski definition) is 1. The molecule has 0 aliphatic heterocycles. The lowest BCUT2D eigenvalue weighted by molar-refractivity contribution is -0.136. The predicted molar refractivity (Wildman–Crippen MR) is 79.7 cm³/mol. The number of pyridine rings is 1. The SMILES string of the molecule is Cc1ccc(-c2cc(=O)c3c(C(F)(F)F)cccc3[nH]2)cc1F. The molecule has 3 aromatic rings. The number of aromatic nitrogens is 1. The van der Waals surface area contributed by atoms with Gasteiger partial charge in [-0.15, -0.1) is 0 Å². The lowest BCUT2D eigenvalue weighted by Gasteiger charge is -2.11. The van der Waals surface area contributed by atoms with Crippen molar-refractivity contribution in [3.8, 4) is 11.3 Å². The molecule has 0 aliphatic carbocycles. The van der Waals surface area contributed by atoms with Crippen LogP contribution in [0.25, 0.3) is 22.2 Å². The van der Waals surface area contributed by atoms with Gasteiger partial charge >= 0.3 is 6.18 Å². The van der Waals surface area contributed by atoms with Crippen molar-refractivity contribution >= 4 is 10.9 Å². The van der Waals surface area contributed by atoms with E-state index in [1.807, 2.05) is 0 Å². The molecule has 1 N–H and O–H groups in total. The van der Waals surface area contributed by atoms with E-state index in [0.29, 0.717) is 11.1 Å². The van der Waals surface area contributed by atoms with Gasteiger partial charge in [-0.2, -0.15) is 13.2 Å². The summed E-state index contributed by atoms with van der Waals surface area (Å²) in [6, 6.07) is 8.91. The Kier molecular flexibility index (Phi) is 3.47. The Bertz CT molecular complexity index is 957. The van der Waals surface area contributed by atoms with E-state index in [2.05, 4.69) is 4.98 Å². The van der Waals surface area contributed by atoms with Gasteiger partial charge in [-0.05, 0) is 30.7 Å². The summed E-state index contributed by atoms with van der Waals surface area (Å²) in [5, 5.41) is -0.420. The summed E-state index contributed by atoms with van der Waals surface area (Å²) in [6.45, 7) is 1.60. The second kappa shape index (κ2) is 5.22. The number of fused-ring (bicyclic) bond motifs is 1. The van der Waals surface area contributed by atoms with E-state index in [1.165, 1.54) is 18.2 Å². The van der Waals surface area contributed by atoms with Gasteiger partial charge in [-0.25, -0.2) is 4.39 Å². The van der Waals surface area contributed by atoms with Crippen molar-refractivity contribution in [2.75, 3.05) is 0 Å². The lowest BCUT2D eigenvalue weighted by atomic mass is 10.0. The fourth-order valence-electron chi connectivity index (χ4n) is 2.46. The van der Waals surface area contributed by atoms with Crippen LogP contribution in [0.2, 0.25) is 0 Å². The fourth-order valence-corrected chi connectivity index (χ4v) is 2.46. The molecular formula is C17H11F4NO. The normalized spacial score (nSPS) is 11.9. The number of hydrogen-bond acceptors (Lipinski definition) is 1. The molecule has 2 nitrogen and oxygen atoms in total. The van der Waals surface area contributed by atoms with E-state index in [4.69, 9.17) is 0 Å². The third-order valence-corrected chi connectivity index (χ3v) is 3.64. The zero-order valence-corrected chi connectivity index (χ0v) is 12.0. The van der Waals surface area contributed by atoms with E-state index < -0.39 is 28.4 Å². The summed E-state index contributed by atoms with van der Waals surface area (Å²) >= 11 is 0. The number of benzene rings is 2. The van der Waals surface area contributed by atoms with E-state index in [1.54, 1.807) is 19.1 Å². The van der Waals surface area contributed by atoms with Crippen molar-refractivity contribution in [2.24, 2.45) is 0 Å². The summed E-state index contributed by atoms with van der Waals surface area (Å²) in [6.07, 6.45) is -4.62. The molecule has 0 unspecified atom stereocenters. The number of halogens is 4. The zero-order valence-electron chi connectivity index (χ0n) is 12.0. The number of nitrogens with one attached hydrogen (secondary N) is 1. The fraction of sp³-hybridized carbons (Fsp3) is 0.118. The Morgan fingerprint density at radius 3 is 2.43 bits per heavy atom. The first-order chi connectivity index (χ1) is 10.8. The number of H-pyrrole nitrogens is 1. The monoisotopic (exact) mass is 321 g/mol. The number of rotatable bonds is 1. The maximum absolute atomic E-state index is 13.7. The lowest BCUT2D eigenvalue weighted by Crippen LogP contribution is -2.13. The van der Waals surface area contributed by atoms with Crippen LogP contribution < -0.4 is 5.43 Å². The topological polar surface area (TPSA) is 32.9 Å². The second-order valence-electron chi connectivity index (χ2n) is 5.24. The molecular weight excluding hydrogens is 310 g/mol. The molecule has 2 aromatic carbocycles. The van der Waals surface area contributed by atoms with E-state index in [0.717, 1.165) is 12.1 Å². The molecule has 1 aromatic heterocycles. The van der Waals surface area contributed by atoms with Crippen LogP contribution in [0.1, 0.15) is 11.1 Å². The highest BCUT2D eigenvalue weighted by Crippen LogP contribution is 2.33. The first-order valence-electron chi connectivity index (χ1n) is 6.77. The molecule has 6 heteroatoms. The van der Waals surface area contributed by atoms with E-state index in [9.17, 15) is 22.4 Å². The van der Waals surface area contributed by atoms with Crippen molar-refractivity contribution in [3.63, 3.8) is 0 Å². The van der Waals surface area contributed by atoms with Crippen molar-refractivity contribution in [1.82, 2.24) is 4.98 Å². The van der Waals surface area contributed by atoms with E-state index >= 15 is 0 Å². The van der Waals surface area contributed by atoms with Crippen LogP contribution in [0.15, 0.2) is 47.3 Å². The van der Waals surface area contributed by atoms with Crippen molar-refractivity contribution in [3.05, 3.63) is 69.6 Å². The van der Waals surface area contributed by atoms with Crippen molar-refractivity contribution in [1.29, 1.82) is 0 Å². The highest BCUT2D eigenvalue weighted by Gasteiger charge is 2.33. The van der Waals surface area contributed by atoms with Crippen molar-refractivity contribution in [2.45, 2.75) is 13.1 Å². The van der Waals surface area contributed by atoms with Gasteiger partial charge in [-0.1, -0.05) is 18.2 Å². The van der Waals surface area contributed by atoms with Gasteiger partial charge in [0.25, 0.3) is 0 Å². The summed E-state index contributed by atoms with van der Waals surface area (Å²) in [5.74, 6) is -0.451. The van der Waals surface area contributed by atoms with Crippen LogP contribution >= 0.6 is 0 Å². The highest BCUT2D eigenvalue weighted by molar-refractivity contribution is 5.85. The van der Waals surface area contributed by atoms with Gasteiger partial charge in [0.2, 0.25) is 0 Å². The predicted octanol–water partition coefficient (Wildman–Crippen LogP) is 4.66. The Morgan fingerprint density at radius 2 is 1.78 bits per heavy atom. The number of alkyl halides is 3. The zero-order chi connectivity index (χ0) is 16.8. The Balaban J connectivity index is 2.27. The summed E-state index contributed by atoms with van der Waals surface area (Å²) in [5.41, 5.74) is -0.592. The van der Waals surface area contributed by atoms with Crippen LogP contribution in [-0.2, 0) is 6.18 Å². The second-order valence-corrected chi connectivity index (χ2v) is 5.24. The molecule has 0 aliphatic rings. The molecule has 0 fully saturated rings. The summed E-state index contributed by atoms with van der Waals surface area (Å²) < 4.78 is 52.7. The molecule has 0 saturated heterocycles. The highest BCUT2D eigenvalue weighted by atomic mass is 19.4. The number of aromatic amines is 1. The minimum atomic E-state index is -4.62. The Labute approximate surface area is 128 Å². The molecule has 0 radical (unpaired) electrons. The van der Waals surface area contributed by atoms with E-state index in [-0.39, 0.29) is 11.2 Å². The molecule has 0 atom stereocenters. The van der Waals surface area contributed by atoms with Gasteiger partial charge in [0.1, 0.15) is 5.82 Å². The minimum Gasteiger partial charge on any atom is -0.354 e. The first-order valence-corrected chi connectivity index (χ1v) is 6.77. The van der Waals surface area contributed by atoms with Gasteiger partial charge < -0.3 is 4.98 Å². The third-order valence-electron chi connectivity index (χ3n) is 3.64. The van der Waals surface area contributed by atoms with Gasteiger partial charge in [0.05, 0.1) is 16.5 Å². The Morgan fingerprint density at radius 1 is 1.04 bits per heavy atom. The average Bonchev–Trinajstić information content (AvgIpc) is 2.48. The average molecular weight is 321 g/mol. The Hall–Kier alpha value is -2.63.